The molecule has 1 heterocycles. The van der Waals surface area contributed by atoms with E-state index in [1.165, 1.54) is 18.2 Å². The molecule has 0 spiro atoms. The van der Waals surface area contributed by atoms with Gasteiger partial charge in [-0.2, -0.15) is 13.9 Å². The lowest BCUT2D eigenvalue weighted by atomic mass is 9.89. The zero-order valence-electron chi connectivity index (χ0n) is 20.5. The standard InChI is InChI=1S/C27H31F2N3O4/c1-3-18-15-24(33)32(31-25(18)20-12-13-22(35-2)23(14-20)36-27(28)29)16-17-8-10-19(11-9-17)26(34)30-21-6-4-5-7-21/h8-14,18,21,27H,3-7,15-16H2,1-2H3,(H,30,34). The fraction of sp³-hybridized carbons (Fsp3) is 0.444. The first-order valence-corrected chi connectivity index (χ1v) is 12.3. The van der Waals surface area contributed by atoms with Crippen molar-refractivity contribution in [3.05, 3.63) is 59.2 Å². The summed E-state index contributed by atoms with van der Waals surface area (Å²) in [6.07, 6.45) is 5.25. The average molecular weight is 500 g/mol. The number of hydrazone groups is 1. The molecule has 1 atom stereocenters. The summed E-state index contributed by atoms with van der Waals surface area (Å²) in [5.41, 5.74) is 2.63. The summed E-state index contributed by atoms with van der Waals surface area (Å²) in [7, 11) is 1.38. The van der Waals surface area contributed by atoms with Gasteiger partial charge < -0.3 is 14.8 Å². The van der Waals surface area contributed by atoms with E-state index in [1.807, 2.05) is 19.1 Å². The number of benzene rings is 2. The molecule has 4 rings (SSSR count). The minimum atomic E-state index is -2.99. The molecule has 0 radical (unpaired) electrons. The molecule has 1 saturated carbocycles. The maximum absolute atomic E-state index is 12.9. The smallest absolute Gasteiger partial charge is 0.387 e. The first-order valence-electron chi connectivity index (χ1n) is 12.3. The van der Waals surface area contributed by atoms with Crippen molar-refractivity contribution >= 4 is 17.5 Å². The minimum Gasteiger partial charge on any atom is -0.493 e. The summed E-state index contributed by atoms with van der Waals surface area (Å²) >= 11 is 0. The third kappa shape index (κ3) is 6.01. The number of methoxy groups -OCH3 is 1. The number of alkyl halides is 2. The van der Waals surface area contributed by atoms with Crippen LogP contribution < -0.4 is 14.8 Å². The highest BCUT2D eigenvalue weighted by Gasteiger charge is 2.30. The number of carbonyl (C=O) groups excluding carboxylic acids is 2. The molecule has 1 N–H and O–H groups in total. The highest BCUT2D eigenvalue weighted by Crippen LogP contribution is 2.33. The lowest BCUT2D eigenvalue weighted by molar-refractivity contribution is -0.133. The third-order valence-corrected chi connectivity index (χ3v) is 6.73. The van der Waals surface area contributed by atoms with E-state index in [2.05, 4.69) is 15.2 Å². The highest BCUT2D eigenvalue weighted by molar-refractivity contribution is 6.06. The zero-order valence-corrected chi connectivity index (χ0v) is 20.5. The molecule has 2 aromatic rings. The minimum absolute atomic E-state index is 0.0857. The van der Waals surface area contributed by atoms with Crippen LogP contribution in [0.25, 0.3) is 0 Å². The van der Waals surface area contributed by atoms with Crippen molar-refractivity contribution in [1.29, 1.82) is 0 Å². The Hall–Kier alpha value is -3.49. The summed E-state index contributed by atoms with van der Waals surface area (Å²) in [6.45, 7) is -0.802. The number of amides is 2. The quantitative estimate of drug-likeness (QED) is 0.519. The van der Waals surface area contributed by atoms with Crippen molar-refractivity contribution in [1.82, 2.24) is 10.3 Å². The van der Waals surface area contributed by atoms with E-state index in [0.717, 1.165) is 31.2 Å². The molecule has 2 aliphatic rings. The summed E-state index contributed by atoms with van der Waals surface area (Å²) in [4.78, 5) is 25.3. The number of hydrogen-bond acceptors (Lipinski definition) is 5. The van der Waals surface area contributed by atoms with Crippen LogP contribution in [-0.4, -0.2) is 42.3 Å². The van der Waals surface area contributed by atoms with Gasteiger partial charge in [-0.25, -0.2) is 5.01 Å². The van der Waals surface area contributed by atoms with E-state index in [1.54, 1.807) is 24.3 Å². The summed E-state index contributed by atoms with van der Waals surface area (Å²) in [6, 6.07) is 12.1. The number of ether oxygens (including phenoxy) is 2. The number of nitrogens with zero attached hydrogens (tertiary/aromatic N) is 2. The van der Waals surface area contributed by atoms with Crippen LogP contribution >= 0.6 is 0 Å². The molecular weight excluding hydrogens is 468 g/mol. The van der Waals surface area contributed by atoms with Gasteiger partial charge in [-0.1, -0.05) is 31.9 Å². The van der Waals surface area contributed by atoms with Crippen LogP contribution in [0.4, 0.5) is 8.78 Å². The van der Waals surface area contributed by atoms with Crippen molar-refractivity contribution < 1.29 is 27.8 Å². The molecule has 1 fully saturated rings. The fourth-order valence-electron chi connectivity index (χ4n) is 4.73. The highest BCUT2D eigenvalue weighted by atomic mass is 19.3. The van der Waals surface area contributed by atoms with Gasteiger partial charge in [-0.15, -0.1) is 0 Å². The Morgan fingerprint density at radius 3 is 2.50 bits per heavy atom. The topological polar surface area (TPSA) is 80.2 Å². The first-order chi connectivity index (χ1) is 17.4. The van der Waals surface area contributed by atoms with Crippen LogP contribution in [0.15, 0.2) is 47.6 Å². The molecule has 2 aromatic carbocycles. The van der Waals surface area contributed by atoms with Crippen LogP contribution in [-0.2, 0) is 11.3 Å². The maximum atomic E-state index is 12.9. The van der Waals surface area contributed by atoms with Gasteiger partial charge >= 0.3 is 6.61 Å². The number of halogens is 2. The van der Waals surface area contributed by atoms with Crippen molar-refractivity contribution in [2.45, 2.75) is 64.6 Å². The van der Waals surface area contributed by atoms with Crippen LogP contribution in [0.3, 0.4) is 0 Å². The molecule has 1 aliphatic heterocycles. The largest absolute Gasteiger partial charge is 0.493 e. The number of carbonyl (C=O) groups is 2. The van der Waals surface area contributed by atoms with E-state index >= 15 is 0 Å². The molecule has 0 bridgehead atoms. The maximum Gasteiger partial charge on any atom is 0.387 e. The molecule has 1 aliphatic carbocycles. The Bertz CT molecular complexity index is 1110. The van der Waals surface area contributed by atoms with E-state index in [4.69, 9.17) is 4.74 Å². The van der Waals surface area contributed by atoms with Gasteiger partial charge in [0.25, 0.3) is 5.91 Å². The Kier molecular flexibility index (Phi) is 8.18. The second kappa shape index (κ2) is 11.5. The monoisotopic (exact) mass is 499 g/mol. The van der Waals surface area contributed by atoms with Crippen LogP contribution in [0.1, 0.15) is 66.9 Å². The van der Waals surface area contributed by atoms with Gasteiger partial charge in [0.1, 0.15) is 0 Å². The molecule has 0 aromatic heterocycles. The molecule has 2 amide bonds. The summed E-state index contributed by atoms with van der Waals surface area (Å²) < 4.78 is 35.6. The van der Waals surface area contributed by atoms with E-state index < -0.39 is 6.61 Å². The second-order valence-electron chi connectivity index (χ2n) is 9.14. The van der Waals surface area contributed by atoms with Crippen molar-refractivity contribution in [3.8, 4) is 11.5 Å². The number of rotatable bonds is 9. The molecule has 0 saturated heterocycles. The molecular formula is C27H31F2N3O4. The summed E-state index contributed by atoms with van der Waals surface area (Å²) in [5.74, 6) is -0.254. The lowest BCUT2D eigenvalue weighted by Crippen LogP contribution is -2.36. The normalized spacial score (nSPS) is 18.4. The van der Waals surface area contributed by atoms with Crippen molar-refractivity contribution in [2.75, 3.05) is 7.11 Å². The predicted octanol–water partition coefficient (Wildman–Crippen LogP) is 5.13. The van der Waals surface area contributed by atoms with Crippen LogP contribution in [0, 0.1) is 5.92 Å². The van der Waals surface area contributed by atoms with Gasteiger partial charge in [0, 0.05) is 29.5 Å². The van der Waals surface area contributed by atoms with Gasteiger partial charge in [0.2, 0.25) is 5.91 Å². The summed E-state index contributed by atoms with van der Waals surface area (Å²) in [5, 5.41) is 9.09. The van der Waals surface area contributed by atoms with Gasteiger partial charge in [-0.05, 0) is 55.2 Å². The van der Waals surface area contributed by atoms with Gasteiger partial charge in [0.05, 0.1) is 19.4 Å². The Morgan fingerprint density at radius 1 is 1.14 bits per heavy atom. The number of hydrogen-bond donors (Lipinski definition) is 1. The van der Waals surface area contributed by atoms with E-state index in [0.29, 0.717) is 23.3 Å². The first kappa shape index (κ1) is 25.6. The number of nitrogens with one attached hydrogen (secondary N) is 1. The van der Waals surface area contributed by atoms with Crippen molar-refractivity contribution in [2.24, 2.45) is 11.0 Å². The van der Waals surface area contributed by atoms with Crippen LogP contribution in [0.5, 0.6) is 11.5 Å². The van der Waals surface area contributed by atoms with Crippen molar-refractivity contribution in [3.63, 3.8) is 0 Å². The molecule has 192 valence electrons. The lowest BCUT2D eigenvalue weighted by Gasteiger charge is -2.29. The van der Waals surface area contributed by atoms with E-state index in [-0.39, 0.29) is 48.2 Å². The molecule has 9 heteroatoms. The zero-order chi connectivity index (χ0) is 25.7. The predicted molar refractivity (Wildman–Crippen MR) is 131 cm³/mol. The Labute approximate surface area is 209 Å². The Balaban J connectivity index is 1.53. The average Bonchev–Trinajstić information content (AvgIpc) is 3.38. The fourth-order valence-corrected chi connectivity index (χ4v) is 4.73. The molecule has 36 heavy (non-hydrogen) atoms. The molecule has 1 unspecified atom stereocenters. The Morgan fingerprint density at radius 2 is 1.86 bits per heavy atom. The van der Waals surface area contributed by atoms with Crippen LogP contribution in [0.2, 0.25) is 0 Å². The van der Waals surface area contributed by atoms with E-state index in [9.17, 15) is 18.4 Å². The SMILES string of the molecule is CCC1CC(=O)N(Cc2ccc(C(=O)NC3CCCC3)cc2)N=C1c1ccc(OC)c(OC(F)F)c1. The van der Waals surface area contributed by atoms with Gasteiger partial charge in [-0.3, -0.25) is 9.59 Å². The third-order valence-electron chi connectivity index (χ3n) is 6.73. The van der Waals surface area contributed by atoms with Gasteiger partial charge in [0.15, 0.2) is 11.5 Å². The second-order valence-corrected chi connectivity index (χ2v) is 9.14. The molecule has 7 nitrogen and oxygen atoms in total.